The molecule has 0 saturated carbocycles. The van der Waals surface area contributed by atoms with Crippen molar-refractivity contribution in [3.63, 3.8) is 0 Å². The van der Waals surface area contributed by atoms with Crippen molar-refractivity contribution in [1.29, 1.82) is 0 Å². The highest BCUT2D eigenvalue weighted by molar-refractivity contribution is 7.89. The number of rotatable bonds is 4. The monoisotopic (exact) mass is 330 g/mol. The van der Waals surface area contributed by atoms with E-state index in [4.69, 9.17) is 17.3 Å². The van der Waals surface area contributed by atoms with Crippen LogP contribution in [0.2, 0.25) is 5.02 Å². The third-order valence-corrected chi connectivity index (χ3v) is 4.96. The maximum atomic E-state index is 12.5. The molecule has 0 heterocycles. The number of halogens is 4. The Morgan fingerprint density at radius 2 is 1.90 bits per heavy atom. The van der Waals surface area contributed by atoms with Gasteiger partial charge in [-0.2, -0.15) is 17.5 Å². The molecule has 0 unspecified atom stereocenters. The van der Waals surface area contributed by atoms with Gasteiger partial charge < -0.3 is 5.73 Å². The van der Waals surface area contributed by atoms with Gasteiger partial charge in [-0.25, -0.2) is 8.42 Å². The molecule has 114 valence electrons. The van der Waals surface area contributed by atoms with Crippen LogP contribution in [0.3, 0.4) is 0 Å². The molecule has 0 amide bonds. The van der Waals surface area contributed by atoms with Gasteiger partial charge in [0.25, 0.3) is 0 Å². The molecule has 20 heavy (non-hydrogen) atoms. The minimum absolute atomic E-state index is 0.210. The number of benzene rings is 1. The van der Waals surface area contributed by atoms with E-state index < -0.39 is 33.7 Å². The predicted octanol–water partition coefficient (Wildman–Crippen LogP) is 2.88. The largest absolute Gasteiger partial charge is 0.402 e. The van der Waals surface area contributed by atoms with Gasteiger partial charge >= 0.3 is 6.18 Å². The number of nitrogen functional groups attached to an aromatic ring is 1. The summed E-state index contributed by atoms with van der Waals surface area (Å²) in [6, 6.07) is 2.68. The molecule has 0 radical (unpaired) electrons. The molecule has 4 nitrogen and oxygen atoms in total. The number of hydrogen-bond acceptors (Lipinski definition) is 3. The average Bonchev–Trinajstić information content (AvgIpc) is 2.23. The van der Waals surface area contributed by atoms with Crippen LogP contribution in [0.25, 0.3) is 0 Å². The fourth-order valence-electron chi connectivity index (χ4n) is 1.57. The van der Waals surface area contributed by atoms with Crippen molar-refractivity contribution >= 4 is 27.3 Å². The smallest absolute Gasteiger partial charge is 0.399 e. The number of hydrogen-bond donors (Lipinski definition) is 1. The highest BCUT2D eigenvalue weighted by atomic mass is 35.5. The Balaban J connectivity index is 3.30. The van der Waals surface area contributed by atoms with Crippen LogP contribution in [-0.2, 0) is 10.0 Å². The van der Waals surface area contributed by atoms with Crippen LogP contribution in [0.15, 0.2) is 23.1 Å². The van der Waals surface area contributed by atoms with Crippen LogP contribution in [0.1, 0.15) is 13.8 Å². The molecule has 0 spiro atoms. The zero-order chi connectivity index (χ0) is 15.7. The number of alkyl halides is 3. The highest BCUT2D eigenvalue weighted by Gasteiger charge is 2.39. The van der Waals surface area contributed by atoms with Gasteiger partial charge in [-0.15, -0.1) is 0 Å². The van der Waals surface area contributed by atoms with Crippen molar-refractivity contribution in [3.8, 4) is 0 Å². The van der Waals surface area contributed by atoms with Gasteiger partial charge in [0.2, 0.25) is 10.0 Å². The quantitative estimate of drug-likeness (QED) is 0.863. The van der Waals surface area contributed by atoms with Crippen molar-refractivity contribution in [2.24, 2.45) is 0 Å². The van der Waals surface area contributed by atoms with Crippen molar-refractivity contribution in [3.05, 3.63) is 23.2 Å². The van der Waals surface area contributed by atoms with Gasteiger partial charge in [0, 0.05) is 11.7 Å². The van der Waals surface area contributed by atoms with E-state index in [1.165, 1.54) is 26.0 Å². The van der Waals surface area contributed by atoms with Gasteiger partial charge in [0.15, 0.2) is 0 Å². The maximum absolute atomic E-state index is 12.5. The molecule has 0 aliphatic carbocycles. The first-order valence-electron chi connectivity index (χ1n) is 5.59. The summed E-state index contributed by atoms with van der Waals surface area (Å²) in [5.41, 5.74) is 5.66. The molecule has 1 aromatic rings. The summed E-state index contributed by atoms with van der Waals surface area (Å²) >= 11 is 5.77. The lowest BCUT2D eigenvalue weighted by Gasteiger charge is -2.27. The molecule has 0 atom stereocenters. The molecular weight excluding hydrogens is 317 g/mol. The van der Waals surface area contributed by atoms with Gasteiger partial charge in [0.05, 0.1) is 5.02 Å². The van der Waals surface area contributed by atoms with E-state index in [2.05, 4.69) is 0 Å². The molecular formula is C11H14ClF3N2O2S. The lowest BCUT2D eigenvalue weighted by atomic mass is 10.3. The SMILES string of the molecule is CC(C)N(CC(F)(F)F)S(=O)(=O)c1ccc(N)cc1Cl. The summed E-state index contributed by atoms with van der Waals surface area (Å²) in [5.74, 6) is 0. The zero-order valence-corrected chi connectivity index (χ0v) is 12.4. The van der Waals surface area contributed by atoms with E-state index in [9.17, 15) is 21.6 Å². The van der Waals surface area contributed by atoms with Crippen LogP contribution < -0.4 is 5.73 Å². The van der Waals surface area contributed by atoms with Crippen molar-refractivity contribution in [2.45, 2.75) is 31.0 Å². The summed E-state index contributed by atoms with van der Waals surface area (Å²) in [4.78, 5) is -0.397. The van der Waals surface area contributed by atoms with Crippen LogP contribution >= 0.6 is 11.6 Å². The standard InChI is InChI=1S/C11H14ClF3N2O2S/c1-7(2)17(6-11(13,14)15)20(18,19)10-4-3-8(16)5-9(10)12/h3-5,7H,6,16H2,1-2H3. The first kappa shape index (κ1) is 17.1. The highest BCUT2D eigenvalue weighted by Crippen LogP contribution is 2.30. The minimum atomic E-state index is -4.64. The summed E-state index contributed by atoms with van der Waals surface area (Å²) in [6.07, 6.45) is -4.64. The summed E-state index contributed by atoms with van der Waals surface area (Å²) in [6.45, 7) is 1.14. The Morgan fingerprint density at radius 1 is 1.35 bits per heavy atom. The first-order chi connectivity index (χ1) is 8.95. The van der Waals surface area contributed by atoms with Crippen LogP contribution in [0.4, 0.5) is 18.9 Å². The van der Waals surface area contributed by atoms with Crippen LogP contribution in [0.5, 0.6) is 0 Å². The molecule has 0 aliphatic rings. The van der Waals surface area contributed by atoms with Crippen molar-refractivity contribution < 1.29 is 21.6 Å². The Kier molecular flexibility index (Phi) is 4.94. The third kappa shape index (κ3) is 4.00. The Bertz CT molecular complexity index is 588. The lowest BCUT2D eigenvalue weighted by Crippen LogP contribution is -2.43. The van der Waals surface area contributed by atoms with Crippen LogP contribution in [-0.4, -0.2) is 31.5 Å². The molecule has 0 aliphatic heterocycles. The van der Waals surface area contributed by atoms with E-state index in [-0.39, 0.29) is 10.7 Å². The molecule has 0 aromatic heterocycles. The van der Waals surface area contributed by atoms with Crippen LogP contribution in [0, 0.1) is 0 Å². The number of anilines is 1. The van der Waals surface area contributed by atoms with Gasteiger partial charge in [-0.3, -0.25) is 0 Å². The molecule has 2 N–H and O–H groups in total. The third-order valence-electron chi connectivity index (χ3n) is 2.45. The average molecular weight is 331 g/mol. The normalized spacial score (nSPS) is 13.2. The second-order valence-corrected chi connectivity index (χ2v) is 6.72. The number of nitrogens with zero attached hydrogens (tertiary/aromatic N) is 1. The van der Waals surface area contributed by atoms with E-state index in [0.717, 1.165) is 6.07 Å². The van der Waals surface area contributed by atoms with Gasteiger partial charge in [-0.05, 0) is 32.0 Å². The van der Waals surface area contributed by atoms with Crippen molar-refractivity contribution in [2.75, 3.05) is 12.3 Å². The fourth-order valence-corrected chi connectivity index (χ4v) is 3.73. The Labute approximate surface area is 120 Å². The summed E-state index contributed by atoms with van der Waals surface area (Å²) in [5, 5.41) is -0.210. The molecule has 9 heteroatoms. The molecule has 1 rings (SSSR count). The Morgan fingerprint density at radius 3 is 2.30 bits per heavy atom. The van der Waals surface area contributed by atoms with Gasteiger partial charge in [0.1, 0.15) is 11.4 Å². The summed E-state index contributed by atoms with van der Waals surface area (Å²) in [7, 11) is -4.36. The number of sulfonamides is 1. The second kappa shape index (κ2) is 5.79. The van der Waals surface area contributed by atoms with Crippen molar-refractivity contribution in [1.82, 2.24) is 4.31 Å². The molecule has 0 bridgehead atoms. The fraction of sp³-hybridized carbons (Fsp3) is 0.455. The zero-order valence-electron chi connectivity index (χ0n) is 10.8. The molecule has 1 aromatic carbocycles. The maximum Gasteiger partial charge on any atom is 0.402 e. The van der Waals surface area contributed by atoms with E-state index in [1.54, 1.807) is 0 Å². The topological polar surface area (TPSA) is 63.4 Å². The predicted molar refractivity (Wildman–Crippen MR) is 70.9 cm³/mol. The van der Waals surface area contributed by atoms with E-state index in [0.29, 0.717) is 4.31 Å². The van der Waals surface area contributed by atoms with E-state index in [1.807, 2.05) is 0 Å². The summed E-state index contributed by atoms with van der Waals surface area (Å²) < 4.78 is 62.5. The van der Waals surface area contributed by atoms with Gasteiger partial charge in [-0.1, -0.05) is 11.6 Å². The molecule has 0 fully saturated rings. The lowest BCUT2D eigenvalue weighted by molar-refractivity contribution is -0.138. The Hall–Kier alpha value is -0.990. The second-order valence-electron chi connectivity index (χ2n) is 4.45. The first-order valence-corrected chi connectivity index (χ1v) is 7.40. The molecule has 0 saturated heterocycles. The minimum Gasteiger partial charge on any atom is -0.399 e. The van der Waals surface area contributed by atoms with E-state index >= 15 is 0 Å². The number of nitrogens with two attached hydrogens (primary N) is 1.